The van der Waals surface area contributed by atoms with Crippen LogP contribution in [0.2, 0.25) is 0 Å². The van der Waals surface area contributed by atoms with Gasteiger partial charge < -0.3 is 15.0 Å². The summed E-state index contributed by atoms with van der Waals surface area (Å²) in [6.07, 6.45) is 3.76. The lowest BCUT2D eigenvalue weighted by atomic mass is 10.0. The number of amides is 1. The second-order valence-electron chi connectivity index (χ2n) is 6.57. The molecule has 0 spiro atoms. The SMILES string of the molecule is COc1ccccc1C(=O)N1CCc2nc(C3CCNC3)ncc2C1. The minimum absolute atomic E-state index is 0.00725. The number of nitrogens with one attached hydrogen (secondary N) is 1. The van der Waals surface area contributed by atoms with Crippen LogP contribution in [0.5, 0.6) is 5.75 Å². The van der Waals surface area contributed by atoms with Crippen LogP contribution in [-0.2, 0) is 13.0 Å². The molecular weight excluding hydrogens is 316 g/mol. The van der Waals surface area contributed by atoms with Crippen molar-refractivity contribution in [3.8, 4) is 5.75 Å². The van der Waals surface area contributed by atoms with E-state index in [-0.39, 0.29) is 5.91 Å². The number of rotatable bonds is 3. The molecule has 3 heterocycles. The highest BCUT2D eigenvalue weighted by molar-refractivity contribution is 5.97. The molecule has 0 saturated carbocycles. The van der Waals surface area contributed by atoms with Gasteiger partial charge >= 0.3 is 0 Å². The third-order valence-corrected chi connectivity index (χ3v) is 5.00. The van der Waals surface area contributed by atoms with E-state index in [2.05, 4.69) is 10.3 Å². The number of hydrogen-bond donors (Lipinski definition) is 1. The molecule has 0 radical (unpaired) electrons. The van der Waals surface area contributed by atoms with E-state index in [9.17, 15) is 4.79 Å². The maximum Gasteiger partial charge on any atom is 0.257 e. The van der Waals surface area contributed by atoms with Gasteiger partial charge in [0.1, 0.15) is 11.6 Å². The molecular formula is C19H22N4O2. The fourth-order valence-electron chi connectivity index (χ4n) is 3.57. The quantitative estimate of drug-likeness (QED) is 0.924. The standard InChI is InChI=1S/C19H22N4O2/c1-25-17-5-3-2-4-15(17)19(24)23-9-7-16-14(12-23)11-21-18(22-16)13-6-8-20-10-13/h2-5,11,13,20H,6-10,12H2,1H3. The van der Waals surface area contributed by atoms with Crippen molar-refractivity contribution in [3.63, 3.8) is 0 Å². The first kappa shape index (κ1) is 16.0. The van der Waals surface area contributed by atoms with Crippen LogP contribution >= 0.6 is 0 Å². The predicted molar refractivity (Wildman–Crippen MR) is 93.7 cm³/mol. The third kappa shape index (κ3) is 3.09. The van der Waals surface area contributed by atoms with Gasteiger partial charge in [-0.1, -0.05) is 12.1 Å². The molecule has 6 heteroatoms. The van der Waals surface area contributed by atoms with Crippen molar-refractivity contribution in [2.45, 2.75) is 25.3 Å². The molecule has 2 aliphatic rings. The van der Waals surface area contributed by atoms with Crippen molar-refractivity contribution in [2.75, 3.05) is 26.7 Å². The van der Waals surface area contributed by atoms with Crippen LogP contribution in [-0.4, -0.2) is 47.5 Å². The molecule has 1 saturated heterocycles. The fraction of sp³-hybridized carbons (Fsp3) is 0.421. The Morgan fingerprint density at radius 1 is 1.36 bits per heavy atom. The monoisotopic (exact) mass is 338 g/mol. The Balaban J connectivity index is 1.53. The maximum atomic E-state index is 12.9. The molecule has 0 bridgehead atoms. The minimum atomic E-state index is -0.00725. The molecule has 1 N–H and O–H groups in total. The zero-order valence-electron chi connectivity index (χ0n) is 14.4. The number of carbonyl (C=O) groups is 1. The summed E-state index contributed by atoms with van der Waals surface area (Å²) < 4.78 is 5.32. The molecule has 130 valence electrons. The van der Waals surface area contributed by atoms with Gasteiger partial charge in [-0.3, -0.25) is 4.79 Å². The summed E-state index contributed by atoms with van der Waals surface area (Å²) in [6, 6.07) is 7.35. The van der Waals surface area contributed by atoms with E-state index < -0.39 is 0 Å². The molecule has 4 rings (SSSR count). The number of benzene rings is 1. The van der Waals surface area contributed by atoms with Crippen LogP contribution in [0.25, 0.3) is 0 Å². The highest BCUT2D eigenvalue weighted by Crippen LogP contribution is 2.25. The number of fused-ring (bicyclic) bond motifs is 1. The summed E-state index contributed by atoms with van der Waals surface area (Å²) >= 11 is 0. The van der Waals surface area contributed by atoms with Gasteiger partial charge in [0.05, 0.1) is 18.4 Å². The summed E-state index contributed by atoms with van der Waals surface area (Å²) in [7, 11) is 1.59. The molecule has 1 aromatic carbocycles. The van der Waals surface area contributed by atoms with Gasteiger partial charge in [-0.15, -0.1) is 0 Å². The first-order chi connectivity index (χ1) is 12.3. The molecule has 25 heavy (non-hydrogen) atoms. The normalized spacial score (nSPS) is 19.6. The van der Waals surface area contributed by atoms with Gasteiger partial charge in [-0.2, -0.15) is 0 Å². The van der Waals surface area contributed by atoms with Gasteiger partial charge in [0.15, 0.2) is 0 Å². The van der Waals surface area contributed by atoms with Gasteiger partial charge in [0, 0.05) is 43.7 Å². The number of para-hydroxylation sites is 1. The Kier molecular flexibility index (Phi) is 4.36. The number of carbonyl (C=O) groups excluding carboxylic acids is 1. The smallest absolute Gasteiger partial charge is 0.257 e. The van der Waals surface area contributed by atoms with E-state index in [4.69, 9.17) is 9.72 Å². The van der Waals surface area contributed by atoms with Gasteiger partial charge in [0.25, 0.3) is 5.91 Å². The third-order valence-electron chi connectivity index (χ3n) is 5.00. The molecule has 1 fully saturated rings. The van der Waals surface area contributed by atoms with Crippen LogP contribution in [0, 0.1) is 0 Å². The van der Waals surface area contributed by atoms with Crippen LogP contribution in [0.4, 0.5) is 0 Å². The van der Waals surface area contributed by atoms with E-state index in [0.29, 0.717) is 30.3 Å². The molecule has 1 unspecified atom stereocenters. The number of ether oxygens (including phenoxy) is 1. The first-order valence-electron chi connectivity index (χ1n) is 8.74. The number of aromatic nitrogens is 2. The van der Waals surface area contributed by atoms with Crippen LogP contribution < -0.4 is 10.1 Å². The summed E-state index contributed by atoms with van der Waals surface area (Å²) in [6.45, 7) is 3.21. The summed E-state index contributed by atoms with van der Waals surface area (Å²) in [4.78, 5) is 24.1. The Labute approximate surface area is 147 Å². The Morgan fingerprint density at radius 3 is 3.04 bits per heavy atom. The first-order valence-corrected chi connectivity index (χ1v) is 8.74. The zero-order valence-corrected chi connectivity index (χ0v) is 14.4. The summed E-state index contributed by atoms with van der Waals surface area (Å²) in [5.74, 6) is 1.96. The van der Waals surface area contributed by atoms with E-state index in [0.717, 1.165) is 43.0 Å². The molecule has 1 amide bonds. The lowest BCUT2D eigenvalue weighted by molar-refractivity contribution is 0.0729. The van der Waals surface area contributed by atoms with E-state index in [1.165, 1.54) is 0 Å². The van der Waals surface area contributed by atoms with Crippen molar-refractivity contribution < 1.29 is 9.53 Å². The second kappa shape index (κ2) is 6.80. The average Bonchev–Trinajstić information content (AvgIpc) is 3.21. The van der Waals surface area contributed by atoms with Crippen LogP contribution in [0.15, 0.2) is 30.5 Å². The number of nitrogens with zero attached hydrogens (tertiary/aromatic N) is 3. The van der Waals surface area contributed by atoms with Crippen molar-refractivity contribution >= 4 is 5.91 Å². The molecule has 6 nitrogen and oxygen atoms in total. The Hall–Kier alpha value is -2.47. The van der Waals surface area contributed by atoms with Gasteiger partial charge in [-0.25, -0.2) is 9.97 Å². The fourth-order valence-corrected chi connectivity index (χ4v) is 3.57. The molecule has 2 aliphatic heterocycles. The lowest BCUT2D eigenvalue weighted by Crippen LogP contribution is -2.36. The predicted octanol–water partition coefficient (Wildman–Crippen LogP) is 1.76. The highest BCUT2D eigenvalue weighted by atomic mass is 16.5. The highest BCUT2D eigenvalue weighted by Gasteiger charge is 2.26. The molecule has 2 aromatic rings. The number of methoxy groups -OCH3 is 1. The average molecular weight is 338 g/mol. The molecule has 1 atom stereocenters. The maximum absolute atomic E-state index is 12.9. The minimum Gasteiger partial charge on any atom is -0.496 e. The van der Waals surface area contributed by atoms with Crippen molar-refractivity contribution in [3.05, 3.63) is 53.1 Å². The van der Waals surface area contributed by atoms with E-state index in [1.807, 2.05) is 35.4 Å². The van der Waals surface area contributed by atoms with Gasteiger partial charge in [0.2, 0.25) is 0 Å². The van der Waals surface area contributed by atoms with E-state index in [1.54, 1.807) is 7.11 Å². The van der Waals surface area contributed by atoms with E-state index >= 15 is 0 Å². The Morgan fingerprint density at radius 2 is 2.24 bits per heavy atom. The molecule has 0 aliphatic carbocycles. The lowest BCUT2D eigenvalue weighted by Gasteiger charge is -2.29. The topological polar surface area (TPSA) is 67.3 Å². The number of hydrogen-bond acceptors (Lipinski definition) is 5. The largest absolute Gasteiger partial charge is 0.496 e. The van der Waals surface area contributed by atoms with Crippen molar-refractivity contribution in [1.82, 2.24) is 20.2 Å². The van der Waals surface area contributed by atoms with Crippen molar-refractivity contribution in [2.24, 2.45) is 0 Å². The Bertz CT molecular complexity index is 787. The van der Waals surface area contributed by atoms with Crippen molar-refractivity contribution in [1.29, 1.82) is 0 Å². The van der Waals surface area contributed by atoms with Gasteiger partial charge in [-0.05, 0) is 25.1 Å². The zero-order chi connectivity index (χ0) is 17.2. The summed E-state index contributed by atoms with van der Waals surface area (Å²) in [5.41, 5.74) is 2.73. The van der Waals surface area contributed by atoms with Crippen LogP contribution in [0.3, 0.4) is 0 Å². The summed E-state index contributed by atoms with van der Waals surface area (Å²) in [5, 5.41) is 3.36. The van der Waals surface area contributed by atoms with Crippen LogP contribution in [0.1, 0.15) is 39.8 Å². The second-order valence-corrected chi connectivity index (χ2v) is 6.57. The molecule has 1 aromatic heterocycles.